The molecule has 8 heteroatoms. The highest BCUT2D eigenvalue weighted by Crippen LogP contribution is 2.15. The molecule has 21 heavy (non-hydrogen) atoms. The molecule has 1 aromatic carbocycles. The molecular weight excluding hydrogens is 270 g/mol. The minimum absolute atomic E-state index is 0.185. The van der Waals surface area contributed by atoms with Gasteiger partial charge < -0.3 is 11.1 Å². The van der Waals surface area contributed by atoms with Crippen LogP contribution in [0.3, 0.4) is 0 Å². The fraction of sp³-hybridized carbons (Fsp3) is 0. The Kier molecular flexibility index (Phi) is 3.26. The van der Waals surface area contributed by atoms with Crippen molar-refractivity contribution in [2.24, 2.45) is 0 Å². The zero-order chi connectivity index (χ0) is 14.7. The third-order valence-electron chi connectivity index (χ3n) is 2.77. The maximum Gasteiger partial charge on any atom is 0.276 e. The van der Waals surface area contributed by atoms with Crippen molar-refractivity contribution in [1.29, 1.82) is 0 Å². The standard InChI is InChI=1S/C13H11N7O/c14-11-5-2-6-15-12(11)13(21)17-9-3-1-4-10(7-9)20-8-16-18-19-20/h1-8H,14H2,(H,17,21). The fourth-order valence-corrected chi connectivity index (χ4v) is 1.80. The summed E-state index contributed by atoms with van der Waals surface area (Å²) < 4.78 is 1.49. The quantitative estimate of drug-likeness (QED) is 0.737. The van der Waals surface area contributed by atoms with Gasteiger partial charge in [-0.2, -0.15) is 0 Å². The maximum atomic E-state index is 12.1. The van der Waals surface area contributed by atoms with Gasteiger partial charge in [0.1, 0.15) is 6.33 Å². The number of pyridine rings is 1. The summed E-state index contributed by atoms with van der Waals surface area (Å²) in [6.07, 6.45) is 2.99. The molecular formula is C13H11N7O. The molecule has 0 aliphatic carbocycles. The zero-order valence-corrected chi connectivity index (χ0v) is 10.8. The second kappa shape index (κ2) is 5.37. The predicted octanol–water partition coefficient (Wildman–Crippen LogP) is 0.892. The molecule has 3 N–H and O–H groups in total. The van der Waals surface area contributed by atoms with Gasteiger partial charge in [-0.1, -0.05) is 6.07 Å². The Morgan fingerprint density at radius 3 is 2.90 bits per heavy atom. The first-order valence-electron chi connectivity index (χ1n) is 6.09. The lowest BCUT2D eigenvalue weighted by molar-refractivity contribution is 0.102. The lowest BCUT2D eigenvalue weighted by Gasteiger charge is -2.07. The third-order valence-corrected chi connectivity index (χ3v) is 2.77. The maximum absolute atomic E-state index is 12.1. The molecule has 0 bridgehead atoms. The van der Waals surface area contributed by atoms with E-state index in [0.717, 1.165) is 5.69 Å². The summed E-state index contributed by atoms with van der Waals surface area (Å²) in [6.45, 7) is 0. The summed E-state index contributed by atoms with van der Waals surface area (Å²) in [6, 6.07) is 10.4. The highest BCUT2D eigenvalue weighted by Gasteiger charge is 2.11. The van der Waals surface area contributed by atoms with Gasteiger partial charge in [-0.3, -0.25) is 4.79 Å². The van der Waals surface area contributed by atoms with Gasteiger partial charge in [-0.25, -0.2) is 9.67 Å². The largest absolute Gasteiger partial charge is 0.397 e. The molecule has 0 radical (unpaired) electrons. The van der Waals surface area contributed by atoms with Crippen molar-refractivity contribution < 1.29 is 4.79 Å². The smallest absolute Gasteiger partial charge is 0.276 e. The molecule has 3 aromatic rings. The molecule has 0 fully saturated rings. The number of nitrogens with one attached hydrogen (secondary N) is 1. The van der Waals surface area contributed by atoms with Crippen molar-refractivity contribution in [2.45, 2.75) is 0 Å². The Labute approximate surface area is 119 Å². The first-order chi connectivity index (χ1) is 10.2. The Hall–Kier alpha value is -3.29. The number of nitrogens with two attached hydrogens (primary N) is 1. The van der Waals surface area contributed by atoms with Crippen molar-refractivity contribution in [1.82, 2.24) is 25.2 Å². The zero-order valence-electron chi connectivity index (χ0n) is 10.8. The number of carbonyl (C=O) groups excluding carboxylic acids is 1. The number of amides is 1. The molecule has 8 nitrogen and oxygen atoms in total. The number of benzene rings is 1. The van der Waals surface area contributed by atoms with Crippen LogP contribution in [0.25, 0.3) is 5.69 Å². The van der Waals surface area contributed by atoms with E-state index in [1.54, 1.807) is 30.3 Å². The average Bonchev–Trinajstić information content (AvgIpc) is 3.02. The summed E-state index contributed by atoms with van der Waals surface area (Å²) in [5.41, 5.74) is 7.56. The van der Waals surface area contributed by atoms with Crippen LogP contribution in [0.15, 0.2) is 48.9 Å². The summed E-state index contributed by atoms with van der Waals surface area (Å²) in [5.74, 6) is -0.373. The first kappa shape index (κ1) is 12.7. The van der Waals surface area contributed by atoms with E-state index in [2.05, 4.69) is 25.8 Å². The summed E-state index contributed by atoms with van der Waals surface area (Å²) in [4.78, 5) is 16.1. The van der Waals surface area contributed by atoms with Crippen LogP contribution in [0.1, 0.15) is 10.5 Å². The van der Waals surface area contributed by atoms with Gasteiger partial charge in [-0.15, -0.1) is 5.10 Å². The van der Waals surface area contributed by atoms with Gasteiger partial charge in [0.05, 0.1) is 11.4 Å². The van der Waals surface area contributed by atoms with Gasteiger partial charge in [0.25, 0.3) is 5.91 Å². The van der Waals surface area contributed by atoms with Crippen molar-refractivity contribution in [2.75, 3.05) is 11.1 Å². The summed E-state index contributed by atoms with van der Waals surface area (Å²) in [5, 5.41) is 13.7. The number of carbonyl (C=O) groups is 1. The van der Waals surface area contributed by atoms with Crippen LogP contribution < -0.4 is 11.1 Å². The minimum Gasteiger partial charge on any atom is -0.397 e. The molecule has 2 heterocycles. The number of aromatic nitrogens is 5. The highest BCUT2D eigenvalue weighted by atomic mass is 16.1. The van der Waals surface area contributed by atoms with Crippen LogP contribution in [0.4, 0.5) is 11.4 Å². The highest BCUT2D eigenvalue weighted by molar-refractivity contribution is 6.06. The SMILES string of the molecule is Nc1cccnc1C(=O)Nc1cccc(-n2cnnn2)c1. The Balaban J connectivity index is 1.84. The number of tetrazole rings is 1. The van der Waals surface area contributed by atoms with E-state index in [9.17, 15) is 4.79 Å². The van der Waals surface area contributed by atoms with E-state index in [0.29, 0.717) is 11.4 Å². The number of anilines is 2. The summed E-state index contributed by atoms with van der Waals surface area (Å²) in [7, 11) is 0. The van der Waals surface area contributed by atoms with Gasteiger partial charge in [0, 0.05) is 11.9 Å². The molecule has 104 valence electrons. The van der Waals surface area contributed by atoms with E-state index in [1.807, 2.05) is 6.07 Å². The van der Waals surface area contributed by atoms with Crippen LogP contribution in [0.2, 0.25) is 0 Å². The molecule has 0 aliphatic rings. The molecule has 0 saturated carbocycles. The van der Waals surface area contributed by atoms with Crippen LogP contribution in [0.5, 0.6) is 0 Å². The first-order valence-corrected chi connectivity index (χ1v) is 6.09. The van der Waals surface area contributed by atoms with E-state index in [4.69, 9.17) is 5.73 Å². The van der Waals surface area contributed by atoms with Crippen molar-refractivity contribution in [3.8, 4) is 5.69 Å². The predicted molar refractivity (Wildman–Crippen MR) is 75.8 cm³/mol. The second-order valence-corrected chi connectivity index (χ2v) is 4.20. The van der Waals surface area contributed by atoms with Gasteiger partial charge >= 0.3 is 0 Å². The fourth-order valence-electron chi connectivity index (χ4n) is 1.80. The third kappa shape index (κ3) is 2.68. The Bertz CT molecular complexity index is 770. The second-order valence-electron chi connectivity index (χ2n) is 4.20. The number of hydrogen-bond donors (Lipinski definition) is 2. The number of nitrogens with zero attached hydrogens (tertiary/aromatic N) is 5. The van der Waals surface area contributed by atoms with Gasteiger partial charge in [0.2, 0.25) is 0 Å². The van der Waals surface area contributed by atoms with Gasteiger partial charge in [-0.05, 0) is 40.8 Å². The lowest BCUT2D eigenvalue weighted by atomic mass is 10.2. The van der Waals surface area contributed by atoms with Gasteiger partial charge in [0.15, 0.2) is 5.69 Å². The van der Waals surface area contributed by atoms with Crippen LogP contribution in [-0.2, 0) is 0 Å². The average molecular weight is 281 g/mol. The van der Waals surface area contributed by atoms with Crippen LogP contribution >= 0.6 is 0 Å². The lowest BCUT2D eigenvalue weighted by Crippen LogP contribution is -2.15. The van der Waals surface area contributed by atoms with Crippen molar-refractivity contribution in [3.05, 3.63) is 54.6 Å². The van der Waals surface area contributed by atoms with E-state index >= 15 is 0 Å². The molecule has 0 atom stereocenters. The monoisotopic (exact) mass is 281 g/mol. The van der Waals surface area contributed by atoms with Crippen molar-refractivity contribution in [3.63, 3.8) is 0 Å². The molecule has 2 aromatic heterocycles. The number of rotatable bonds is 3. The Morgan fingerprint density at radius 1 is 1.24 bits per heavy atom. The summed E-state index contributed by atoms with van der Waals surface area (Å²) >= 11 is 0. The molecule has 0 aliphatic heterocycles. The number of nitrogen functional groups attached to an aromatic ring is 1. The van der Waals surface area contributed by atoms with E-state index in [1.165, 1.54) is 17.2 Å². The van der Waals surface area contributed by atoms with Crippen molar-refractivity contribution >= 4 is 17.3 Å². The topological polar surface area (TPSA) is 112 Å². The molecule has 3 rings (SSSR count). The molecule has 1 amide bonds. The molecule has 0 saturated heterocycles. The van der Waals surface area contributed by atoms with Crippen LogP contribution in [-0.4, -0.2) is 31.1 Å². The minimum atomic E-state index is -0.373. The number of hydrogen-bond acceptors (Lipinski definition) is 6. The normalized spacial score (nSPS) is 10.3. The molecule has 0 spiro atoms. The van der Waals surface area contributed by atoms with Crippen LogP contribution in [0, 0.1) is 0 Å². The Morgan fingerprint density at radius 2 is 2.14 bits per heavy atom. The van der Waals surface area contributed by atoms with E-state index in [-0.39, 0.29) is 11.6 Å². The molecule has 0 unspecified atom stereocenters. The van der Waals surface area contributed by atoms with E-state index < -0.39 is 0 Å².